The average molecular weight is 295 g/mol. The third-order valence-corrected chi connectivity index (χ3v) is 4.83. The van der Waals surface area contributed by atoms with E-state index in [1.54, 1.807) is 11.0 Å². The first-order valence-electron chi connectivity index (χ1n) is 7.06. The molecule has 2 unspecified atom stereocenters. The monoisotopic (exact) mass is 294 g/mol. The van der Waals surface area contributed by atoms with Crippen molar-refractivity contribution in [3.8, 4) is 5.75 Å². The second kappa shape index (κ2) is 5.26. The summed E-state index contributed by atoms with van der Waals surface area (Å²) in [7, 11) is 1.83. The summed E-state index contributed by atoms with van der Waals surface area (Å²) >= 11 is 6.07. The Labute approximate surface area is 123 Å². The molecule has 2 saturated heterocycles. The zero-order valence-electron chi connectivity index (χ0n) is 11.5. The van der Waals surface area contributed by atoms with Crippen LogP contribution in [-0.2, 0) is 0 Å². The van der Waals surface area contributed by atoms with Crippen LogP contribution in [0.15, 0.2) is 18.2 Å². The van der Waals surface area contributed by atoms with Crippen molar-refractivity contribution < 1.29 is 9.90 Å². The highest BCUT2D eigenvalue weighted by molar-refractivity contribution is 6.33. The molecule has 1 aromatic rings. The van der Waals surface area contributed by atoms with Crippen LogP contribution in [0.4, 0.5) is 0 Å². The summed E-state index contributed by atoms with van der Waals surface area (Å²) in [6.07, 6.45) is 4.40. The lowest BCUT2D eigenvalue weighted by Gasteiger charge is -2.35. The second-order valence-electron chi connectivity index (χ2n) is 5.84. The van der Waals surface area contributed by atoms with Crippen molar-refractivity contribution in [2.45, 2.75) is 43.8 Å². The topological polar surface area (TPSA) is 52.6 Å². The number of phenols is 1. The lowest BCUT2D eigenvalue weighted by atomic mass is 9.98. The van der Waals surface area contributed by atoms with E-state index in [9.17, 15) is 9.90 Å². The first-order valence-corrected chi connectivity index (χ1v) is 7.44. The highest BCUT2D eigenvalue weighted by Gasteiger charge is 2.36. The Bertz CT molecular complexity index is 523. The van der Waals surface area contributed by atoms with E-state index >= 15 is 0 Å². The van der Waals surface area contributed by atoms with E-state index in [1.807, 2.05) is 7.05 Å². The van der Waals surface area contributed by atoms with E-state index in [0.29, 0.717) is 22.7 Å². The van der Waals surface area contributed by atoms with Crippen molar-refractivity contribution in [1.82, 2.24) is 10.2 Å². The zero-order valence-corrected chi connectivity index (χ0v) is 12.2. The average Bonchev–Trinajstić information content (AvgIpc) is 2.78. The van der Waals surface area contributed by atoms with Crippen LogP contribution >= 0.6 is 11.6 Å². The minimum absolute atomic E-state index is 0.0662. The van der Waals surface area contributed by atoms with E-state index in [1.165, 1.54) is 25.0 Å². The fourth-order valence-electron chi connectivity index (χ4n) is 3.38. The molecule has 108 valence electrons. The molecule has 2 atom stereocenters. The maximum Gasteiger partial charge on any atom is 0.255 e. The minimum Gasteiger partial charge on any atom is -0.508 e. The van der Waals surface area contributed by atoms with Crippen molar-refractivity contribution in [3.63, 3.8) is 0 Å². The Hall–Kier alpha value is -1.26. The van der Waals surface area contributed by atoms with Gasteiger partial charge in [-0.1, -0.05) is 11.6 Å². The third kappa shape index (κ3) is 2.50. The molecular formula is C15H19ClN2O2. The van der Waals surface area contributed by atoms with Gasteiger partial charge < -0.3 is 15.3 Å². The van der Waals surface area contributed by atoms with E-state index in [4.69, 9.17) is 11.6 Å². The van der Waals surface area contributed by atoms with E-state index in [0.717, 1.165) is 12.8 Å². The summed E-state index contributed by atoms with van der Waals surface area (Å²) in [5.74, 6) is -0.0475. The van der Waals surface area contributed by atoms with Crippen LogP contribution < -0.4 is 5.32 Å². The summed E-state index contributed by atoms with van der Waals surface area (Å²) in [5.41, 5.74) is 0.375. The van der Waals surface area contributed by atoms with Gasteiger partial charge in [0, 0.05) is 25.2 Å². The molecule has 2 aliphatic heterocycles. The van der Waals surface area contributed by atoms with Gasteiger partial charge in [0.2, 0.25) is 0 Å². The Morgan fingerprint density at radius 2 is 2.00 bits per heavy atom. The fourth-order valence-corrected chi connectivity index (χ4v) is 3.57. The van der Waals surface area contributed by atoms with Crippen molar-refractivity contribution in [2.24, 2.45) is 0 Å². The number of phenolic OH excluding ortho intramolecular Hbond substituents is 1. The molecular weight excluding hydrogens is 276 g/mol. The molecule has 0 spiro atoms. The van der Waals surface area contributed by atoms with Gasteiger partial charge in [-0.2, -0.15) is 0 Å². The number of fused-ring (bicyclic) bond motifs is 2. The van der Waals surface area contributed by atoms with E-state index in [2.05, 4.69) is 5.32 Å². The molecule has 2 heterocycles. The number of nitrogens with zero attached hydrogens (tertiary/aromatic N) is 1. The summed E-state index contributed by atoms with van der Waals surface area (Å²) in [6, 6.07) is 5.81. The van der Waals surface area contributed by atoms with Crippen molar-refractivity contribution in [3.05, 3.63) is 28.8 Å². The number of nitrogens with one attached hydrogen (secondary N) is 1. The molecule has 0 aliphatic carbocycles. The number of hydrogen-bond acceptors (Lipinski definition) is 3. The molecule has 5 heteroatoms. The summed E-state index contributed by atoms with van der Waals surface area (Å²) in [4.78, 5) is 14.3. The van der Waals surface area contributed by atoms with Gasteiger partial charge in [0.05, 0.1) is 10.6 Å². The van der Waals surface area contributed by atoms with Gasteiger partial charge >= 0.3 is 0 Å². The molecule has 0 radical (unpaired) electrons. The molecule has 0 aromatic heterocycles. The second-order valence-corrected chi connectivity index (χ2v) is 6.25. The number of piperidine rings is 1. The Morgan fingerprint density at radius 3 is 2.65 bits per heavy atom. The third-order valence-electron chi connectivity index (χ3n) is 4.50. The predicted molar refractivity (Wildman–Crippen MR) is 78.2 cm³/mol. The first kappa shape index (κ1) is 13.7. The first-order chi connectivity index (χ1) is 9.54. The number of hydrogen-bond donors (Lipinski definition) is 2. The van der Waals surface area contributed by atoms with Gasteiger partial charge in [-0.3, -0.25) is 4.79 Å². The summed E-state index contributed by atoms with van der Waals surface area (Å²) in [6.45, 7) is 0. The van der Waals surface area contributed by atoms with Crippen LogP contribution in [0.5, 0.6) is 5.75 Å². The minimum atomic E-state index is -0.114. The van der Waals surface area contributed by atoms with Crippen LogP contribution in [0.2, 0.25) is 5.02 Å². The van der Waals surface area contributed by atoms with Gasteiger partial charge in [0.25, 0.3) is 5.91 Å². The predicted octanol–water partition coefficient (Wildman–Crippen LogP) is 2.40. The molecule has 2 fully saturated rings. The van der Waals surface area contributed by atoms with Crippen LogP contribution in [-0.4, -0.2) is 41.1 Å². The molecule has 2 N–H and O–H groups in total. The Kier molecular flexibility index (Phi) is 3.61. The number of amides is 1. The zero-order chi connectivity index (χ0) is 14.3. The van der Waals surface area contributed by atoms with E-state index in [-0.39, 0.29) is 17.7 Å². The lowest BCUT2D eigenvalue weighted by molar-refractivity contribution is 0.0681. The Balaban J connectivity index is 1.78. The fraction of sp³-hybridized carbons (Fsp3) is 0.533. The normalized spacial score (nSPS) is 28.4. The quantitative estimate of drug-likeness (QED) is 0.881. The van der Waals surface area contributed by atoms with Crippen molar-refractivity contribution in [2.75, 3.05) is 7.05 Å². The summed E-state index contributed by atoms with van der Waals surface area (Å²) in [5, 5.41) is 13.5. The van der Waals surface area contributed by atoms with Crippen LogP contribution in [0.1, 0.15) is 36.0 Å². The van der Waals surface area contributed by atoms with Crippen molar-refractivity contribution >= 4 is 17.5 Å². The standard InChI is InChI=1S/C15H19ClN2O2/c1-18(11-6-9-2-3-10(7-11)17-9)15(20)13-8-12(19)4-5-14(13)16/h4-5,8-11,17,19H,2-3,6-7H2,1H3. The molecule has 3 rings (SSSR count). The van der Waals surface area contributed by atoms with E-state index < -0.39 is 0 Å². The highest BCUT2D eigenvalue weighted by Crippen LogP contribution is 2.31. The van der Waals surface area contributed by atoms with Gasteiger partial charge in [0.15, 0.2) is 0 Å². The molecule has 0 saturated carbocycles. The van der Waals surface area contributed by atoms with Gasteiger partial charge in [-0.15, -0.1) is 0 Å². The number of aromatic hydroxyl groups is 1. The number of rotatable bonds is 2. The summed E-state index contributed by atoms with van der Waals surface area (Å²) < 4.78 is 0. The highest BCUT2D eigenvalue weighted by atomic mass is 35.5. The van der Waals surface area contributed by atoms with Crippen LogP contribution in [0.25, 0.3) is 0 Å². The largest absolute Gasteiger partial charge is 0.508 e. The molecule has 20 heavy (non-hydrogen) atoms. The van der Waals surface area contributed by atoms with Crippen LogP contribution in [0.3, 0.4) is 0 Å². The number of halogens is 1. The maximum atomic E-state index is 12.6. The number of carbonyl (C=O) groups is 1. The molecule has 1 aromatic carbocycles. The van der Waals surface area contributed by atoms with Crippen LogP contribution in [0, 0.1) is 0 Å². The Morgan fingerprint density at radius 1 is 1.35 bits per heavy atom. The molecule has 4 nitrogen and oxygen atoms in total. The molecule has 1 amide bonds. The molecule has 2 bridgehead atoms. The SMILES string of the molecule is CN(C(=O)c1cc(O)ccc1Cl)C1CC2CCC(C1)N2. The van der Waals surface area contributed by atoms with Gasteiger partial charge in [-0.25, -0.2) is 0 Å². The number of benzene rings is 1. The maximum absolute atomic E-state index is 12.6. The number of carbonyl (C=O) groups excluding carboxylic acids is 1. The van der Waals surface area contributed by atoms with Crippen molar-refractivity contribution in [1.29, 1.82) is 0 Å². The molecule has 2 aliphatic rings. The van der Waals surface area contributed by atoms with Gasteiger partial charge in [-0.05, 0) is 43.9 Å². The van der Waals surface area contributed by atoms with Gasteiger partial charge in [0.1, 0.15) is 5.75 Å². The smallest absolute Gasteiger partial charge is 0.255 e. The lowest BCUT2D eigenvalue weighted by Crippen LogP contribution is -2.48.